The van der Waals surface area contributed by atoms with Gasteiger partial charge in [-0.15, -0.1) is 6.42 Å². The van der Waals surface area contributed by atoms with Gasteiger partial charge < -0.3 is 19.9 Å². The predicted octanol–water partition coefficient (Wildman–Crippen LogP) is 2.08. The zero-order valence-corrected chi connectivity index (χ0v) is 12.2. The lowest BCUT2D eigenvalue weighted by Crippen LogP contribution is -2.05. The summed E-state index contributed by atoms with van der Waals surface area (Å²) < 4.78 is 10.7. The Balaban J connectivity index is 1.94. The van der Waals surface area contributed by atoms with Crippen LogP contribution in [0.15, 0.2) is 42.6 Å². The number of aliphatic hydroxyl groups excluding tert-OH is 1. The fourth-order valence-corrected chi connectivity index (χ4v) is 1.83. The van der Waals surface area contributed by atoms with Gasteiger partial charge >= 0.3 is 0 Å². The summed E-state index contributed by atoms with van der Waals surface area (Å²) >= 11 is 0. The first kappa shape index (κ1) is 15.7. The highest BCUT2D eigenvalue weighted by Gasteiger charge is 2.03. The van der Waals surface area contributed by atoms with Crippen molar-refractivity contribution in [2.45, 2.75) is 6.54 Å². The third kappa shape index (κ3) is 4.69. The second kappa shape index (κ2) is 8.55. The van der Waals surface area contributed by atoms with Gasteiger partial charge in [-0.25, -0.2) is 4.98 Å². The molecule has 0 atom stereocenters. The molecular weight excluding hydrogens is 280 g/mol. The Kier molecular flexibility index (Phi) is 6.09. The highest BCUT2D eigenvalue weighted by atomic mass is 16.5. The second-order valence-corrected chi connectivity index (χ2v) is 4.41. The predicted molar refractivity (Wildman–Crippen MR) is 84.9 cm³/mol. The lowest BCUT2D eigenvalue weighted by atomic mass is 10.2. The Morgan fingerprint density at radius 1 is 1.18 bits per heavy atom. The summed E-state index contributed by atoms with van der Waals surface area (Å²) in [6.45, 7) is 1.05. The average molecular weight is 298 g/mol. The van der Waals surface area contributed by atoms with E-state index < -0.39 is 0 Å². The molecule has 0 aliphatic rings. The summed E-state index contributed by atoms with van der Waals surface area (Å²) in [6, 6.07) is 11.3. The highest BCUT2D eigenvalue weighted by molar-refractivity contribution is 5.44. The highest BCUT2D eigenvalue weighted by Crippen LogP contribution is 2.20. The molecule has 0 bridgehead atoms. The number of hydrogen-bond donors (Lipinski definition) is 2. The Hall–Kier alpha value is -2.71. The standard InChI is InChI=1S/C17H18N2O3/c1-2-10-21-16-6-4-3-5-14(16)12-18-15-7-8-17(19-13-15)22-11-9-20/h1,3-8,13,18,20H,9-12H2. The van der Waals surface area contributed by atoms with Crippen LogP contribution in [0.1, 0.15) is 5.56 Å². The number of hydrogen-bond acceptors (Lipinski definition) is 5. The molecular formula is C17H18N2O3. The third-order valence-electron chi connectivity index (χ3n) is 2.84. The molecule has 0 unspecified atom stereocenters. The second-order valence-electron chi connectivity index (χ2n) is 4.41. The average Bonchev–Trinajstić information content (AvgIpc) is 2.58. The summed E-state index contributed by atoms with van der Waals surface area (Å²) in [7, 11) is 0. The Morgan fingerprint density at radius 2 is 2.05 bits per heavy atom. The Morgan fingerprint density at radius 3 is 2.77 bits per heavy atom. The summed E-state index contributed by atoms with van der Waals surface area (Å²) in [6.07, 6.45) is 6.89. The van der Waals surface area contributed by atoms with E-state index in [1.54, 1.807) is 12.3 Å². The number of nitrogens with one attached hydrogen (secondary N) is 1. The molecule has 5 heteroatoms. The third-order valence-corrected chi connectivity index (χ3v) is 2.84. The molecule has 2 N–H and O–H groups in total. The van der Waals surface area contributed by atoms with E-state index >= 15 is 0 Å². The molecule has 0 saturated heterocycles. The van der Waals surface area contributed by atoms with Crippen molar-refractivity contribution in [2.24, 2.45) is 0 Å². The number of pyridine rings is 1. The number of terminal acetylenes is 1. The zero-order valence-electron chi connectivity index (χ0n) is 12.2. The smallest absolute Gasteiger partial charge is 0.213 e. The minimum atomic E-state index is -0.0316. The van der Waals surface area contributed by atoms with Gasteiger partial charge in [0.15, 0.2) is 0 Å². The van der Waals surface area contributed by atoms with Crippen LogP contribution < -0.4 is 14.8 Å². The Labute approximate surface area is 129 Å². The van der Waals surface area contributed by atoms with Gasteiger partial charge in [0.05, 0.1) is 18.5 Å². The van der Waals surface area contributed by atoms with Crippen LogP contribution in [-0.2, 0) is 6.54 Å². The maximum atomic E-state index is 8.69. The first-order valence-corrected chi connectivity index (χ1v) is 6.91. The number of ether oxygens (including phenoxy) is 2. The van der Waals surface area contributed by atoms with Crippen molar-refractivity contribution in [1.82, 2.24) is 4.98 Å². The first-order valence-electron chi connectivity index (χ1n) is 6.91. The van der Waals surface area contributed by atoms with Crippen LogP contribution in [0.3, 0.4) is 0 Å². The molecule has 1 aromatic carbocycles. The molecule has 5 nitrogen and oxygen atoms in total. The van der Waals surface area contributed by atoms with Gasteiger partial charge in [-0.2, -0.15) is 0 Å². The number of aliphatic hydroxyl groups is 1. The maximum Gasteiger partial charge on any atom is 0.213 e. The van der Waals surface area contributed by atoms with Crippen molar-refractivity contribution in [1.29, 1.82) is 0 Å². The van der Waals surface area contributed by atoms with E-state index in [0.29, 0.717) is 12.4 Å². The number of para-hydroxylation sites is 1. The lowest BCUT2D eigenvalue weighted by Gasteiger charge is -2.11. The number of nitrogens with zero attached hydrogens (tertiary/aromatic N) is 1. The van der Waals surface area contributed by atoms with E-state index in [1.807, 2.05) is 30.3 Å². The van der Waals surface area contributed by atoms with Gasteiger partial charge in [0.1, 0.15) is 19.0 Å². The molecule has 114 valence electrons. The summed E-state index contributed by atoms with van der Waals surface area (Å²) in [5.41, 5.74) is 1.88. The first-order chi connectivity index (χ1) is 10.8. The van der Waals surface area contributed by atoms with Crippen molar-refractivity contribution >= 4 is 5.69 Å². The molecule has 2 rings (SSSR count). The van der Waals surface area contributed by atoms with Gasteiger partial charge in [-0.05, 0) is 12.1 Å². The van der Waals surface area contributed by atoms with Gasteiger partial charge in [0.25, 0.3) is 0 Å². The maximum absolute atomic E-state index is 8.69. The molecule has 0 fully saturated rings. The minimum absolute atomic E-state index is 0.0316. The zero-order chi connectivity index (χ0) is 15.6. The van der Waals surface area contributed by atoms with Crippen molar-refractivity contribution in [3.8, 4) is 24.0 Å². The molecule has 0 spiro atoms. The van der Waals surface area contributed by atoms with Crippen LogP contribution in [0.25, 0.3) is 0 Å². The van der Waals surface area contributed by atoms with Gasteiger partial charge in [-0.1, -0.05) is 24.1 Å². The SMILES string of the molecule is C#CCOc1ccccc1CNc1ccc(OCCO)nc1. The van der Waals surface area contributed by atoms with E-state index in [4.69, 9.17) is 21.0 Å². The normalized spacial score (nSPS) is 9.82. The van der Waals surface area contributed by atoms with E-state index in [-0.39, 0.29) is 19.8 Å². The minimum Gasteiger partial charge on any atom is -0.481 e. The fourth-order valence-electron chi connectivity index (χ4n) is 1.83. The monoisotopic (exact) mass is 298 g/mol. The van der Waals surface area contributed by atoms with E-state index in [1.165, 1.54) is 0 Å². The summed E-state index contributed by atoms with van der Waals surface area (Å²) in [5, 5.41) is 12.0. The number of rotatable bonds is 8. The molecule has 0 aliphatic heterocycles. The molecule has 22 heavy (non-hydrogen) atoms. The van der Waals surface area contributed by atoms with Crippen molar-refractivity contribution < 1.29 is 14.6 Å². The fraction of sp³-hybridized carbons (Fsp3) is 0.235. The van der Waals surface area contributed by atoms with E-state index in [9.17, 15) is 0 Å². The Bertz CT molecular complexity index is 621. The number of aromatic nitrogens is 1. The molecule has 2 aromatic rings. The molecule has 0 amide bonds. The molecule has 1 heterocycles. The van der Waals surface area contributed by atoms with Crippen LogP contribution >= 0.6 is 0 Å². The van der Waals surface area contributed by atoms with E-state index in [2.05, 4.69) is 16.2 Å². The quantitative estimate of drug-likeness (QED) is 0.731. The van der Waals surface area contributed by atoms with Crippen LogP contribution in [0.4, 0.5) is 5.69 Å². The van der Waals surface area contributed by atoms with Crippen LogP contribution in [0, 0.1) is 12.3 Å². The largest absolute Gasteiger partial charge is 0.481 e. The molecule has 0 saturated carbocycles. The van der Waals surface area contributed by atoms with Gasteiger partial charge in [0.2, 0.25) is 5.88 Å². The topological polar surface area (TPSA) is 63.6 Å². The number of benzene rings is 1. The molecule has 0 aliphatic carbocycles. The van der Waals surface area contributed by atoms with Crippen LogP contribution in [0.2, 0.25) is 0 Å². The van der Waals surface area contributed by atoms with E-state index in [0.717, 1.165) is 17.0 Å². The molecule has 0 radical (unpaired) electrons. The van der Waals surface area contributed by atoms with Crippen molar-refractivity contribution in [2.75, 3.05) is 25.1 Å². The number of anilines is 1. The van der Waals surface area contributed by atoms with Crippen molar-refractivity contribution in [3.05, 3.63) is 48.2 Å². The summed E-state index contributed by atoms with van der Waals surface area (Å²) in [4.78, 5) is 4.15. The van der Waals surface area contributed by atoms with Crippen LogP contribution in [0.5, 0.6) is 11.6 Å². The van der Waals surface area contributed by atoms with Gasteiger partial charge in [0, 0.05) is 18.2 Å². The summed E-state index contributed by atoms with van der Waals surface area (Å²) in [5.74, 6) is 3.71. The van der Waals surface area contributed by atoms with Crippen molar-refractivity contribution in [3.63, 3.8) is 0 Å². The van der Waals surface area contributed by atoms with Crippen LogP contribution in [-0.4, -0.2) is 29.9 Å². The lowest BCUT2D eigenvalue weighted by molar-refractivity contribution is 0.196. The molecule has 1 aromatic heterocycles. The van der Waals surface area contributed by atoms with Gasteiger partial charge in [-0.3, -0.25) is 0 Å².